The van der Waals surface area contributed by atoms with Crippen molar-refractivity contribution in [3.8, 4) is 0 Å². The van der Waals surface area contributed by atoms with Gasteiger partial charge < -0.3 is 10.1 Å². The van der Waals surface area contributed by atoms with Crippen LogP contribution in [0.15, 0.2) is 0 Å². The molecule has 1 aliphatic carbocycles. The predicted molar refractivity (Wildman–Crippen MR) is 69.9 cm³/mol. The van der Waals surface area contributed by atoms with Crippen molar-refractivity contribution in [1.29, 1.82) is 0 Å². The van der Waals surface area contributed by atoms with Crippen LogP contribution in [-0.2, 0) is 9.53 Å². The van der Waals surface area contributed by atoms with Gasteiger partial charge in [-0.15, -0.1) is 0 Å². The number of ether oxygens (including phenoxy) is 1. The summed E-state index contributed by atoms with van der Waals surface area (Å²) >= 11 is 0. The van der Waals surface area contributed by atoms with Crippen LogP contribution in [0, 0.1) is 5.92 Å². The van der Waals surface area contributed by atoms with E-state index in [0.29, 0.717) is 12.0 Å². The molecule has 1 saturated carbocycles. The highest BCUT2D eigenvalue weighted by Crippen LogP contribution is 2.26. The van der Waals surface area contributed by atoms with Gasteiger partial charge in [0.1, 0.15) is 6.04 Å². The normalized spacial score (nSPS) is 21.6. The van der Waals surface area contributed by atoms with E-state index in [-0.39, 0.29) is 12.0 Å². The van der Waals surface area contributed by atoms with Gasteiger partial charge in [0.15, 0.2) is 0 Å². The maximum atomic E-state index is 11.9. The van der Waals surface area contributed by atoms with Crippen molar-refractivity contribution in [3.63, 3.8) is 0 Å². The van der Waals surface area contributed by atoms with Gasteiger partial charge in [-0.25, -0.2) is 0 Å². The molecule has 3 heteroatoms. The molecule has 0 aromatic carbocycles. The lowest BCUT2D eigenvalue weighted by Crippen LogP contribution is -2.47. The Hall–Kier alpha value is -0.570. The van der Waals surface area contributed by atoms with Gasteiger partial charge in [-0.05, 0) is 32.1 Å². The minimum Gasteiger partial charge on any atom is -0.468 e. The quantitative estimate of drug-likeness (QED) is 0.594. The number of esters is 1. The summed E-state index contributed by atoms with van der Waals surface area (Å²) in [4.78, 5) is 11.9. The zero-order chi connectivity index (χ0) is 12.7. The molecule has 2 atom stereocenters. The average molecular weight is 241 g/mol. The Balaban J connectivity index is 2.62. The van der Waals surface area contributed by atoms with Crippen molar-refractivity contribution in [2.75, 3.05) is 7.11 Å². The fourth-order valence-corrected chi connectivity index (χ4v) is 2.59. The third-order valence-corrected chi connectivity index (χ3v) is 3.90. The number of nitrogens with one attached hydrogen (secondary N) is 1. The summed E-state index contributed by atoms with van der Waals surface area (Å²) in [5.41, 5.74) is 0. The Morgan fingerprint density at radius 1 is 1.29 bits per heavy atom. The topological polar surface area (TPSA) is 38.3 Å². The predicted octanol–water partition coefficient (Wildman–Crippen LogP) is 2.89. The molecule has 17 heavy (non-hydrogen) atoms. The molecule has 3 nitrogen and oxygen atoms in total. The number of hydrogen-bond acceptors (Lipinski definition) is 3. The standard InChI is InChI=1S/C14H27NO2/c1-4-11(2)15-13(14(16)17-3)12-9-7-5-6-8-10-12/h11-13,15H,4-10H2,1-3H3. The van der Waals surface area contributed by atoms with Crippen LogP contribution in [0.5, 0.6) is 0 Å². The zero-order valence-electron chi connectivity index (χ0n) is 11.5. The molecule has 0 aromatic rings. The molecular weight excluding hydrogens is 214 g/mol. The first kappa shape index (κ1) is 14.5. The highest BCUT2D eigenvalue weighted by Gasteiger charge is 2.30. The number of hydrogen-bond donors (Lipinski definition) is 1. The molecule has 1 aliphatic rings. The van der Waals surface area contributed by atoms with E-state index < -0.39 is 0 Å². The fourth-order valence-electron chi connectivity index (χ4n) is 2.59. The maximum Gasteiger partial charge on any atom is 0.323 e. The Morgan fingerprint density at radius 2 is 1.88 bits per heavy atom. The number of methoxy groups -OCH3 is 1. The van der Waals surface area contributed by atoms with Gasteiger partial charge in [0.05, 0.1) is 7.11 Å². The average Bonchev–Trinajstić information content (AvgIpc) is 2.63. The van der Waals surface area contributed by atoms with E-state index >= 15 is 0 Å². The zero-order valence-corrected chi connectivity index (χ0v) is 11.5. The van der Waals surface area contributed by atoms with Gasteiger partial charge in [-0.1, -0.05) is 32.6 Å². The molecule has 0 aromatic heterocycles. The molecule has 100 valence electrons. The van der Waals surface area contributed by atoms with E-state index in [1.807, 2.05) is 0 Å². The molecule has 0 heterocycles. The molecule has 1 N–H and O–H groups in total. The van der Waals surface area contributed by atoms with Crippen molar-refractivity contribution in [3.05, 3.63) is 0 Å². The summed E-state index contributed by atoms with van der Waals surface area (Å²) in [6.07, 6.45) is 8.48. The lowest BCUT2D eigenvalue weighted by molar-refractivity contribution is -0.145. The number of carbonyl (C=O) groups is 1. The number of rotatable bonds is 5. The first-order valence-corrected chi connectivity index (χ1v) is 7.03. The summed E-state index contributed by atoms with van der Waals surface area (Å²) in [5.74, 6) is 0.371. The van der Waals surface area contributed by atoms with Gasteiger partial charge in [-0.3, -0.25) is 4.79 Å². The molecule has 0 aliphatic heterocycles. The molecule has 0 bridgehead atoms. The van der Waals surface area contributed by atoms with Crippen LogP contribution < -0.4 is 5.32 Å². The minimum atomic E-state index is -0.104. The third-order valence-electron chi connectivity index (χ3n) is 3.90. The van der Waals surface area contributed by atoms with Crippen LogP contribution in [0.4, 0.5) is 0 Å². The molecule has 1 rings (SSSR count). The first-order valence-electron chi connectivity index (χ1n) is 7.03. The Morgan fingerprint density at radius 3 is 2.35 bits per heavy atom. The molecular formula is C14H27NO2. The Bertz CT molecular complexity index is 222. The summed E-state index contributed by atoms with van der Waals surface area (Å²) in [6.45, 7) is 4.27. The molecule has 2 unspecified atom stereocenters. The molecule has 1 fully saturated rings. The Kier molecular flexibility index (Phi) is 6.56. The summed E-state index contributed by atoms with van der Waals surface area (Å²) < 4.78 is 4.95. The highest BCUT2D eigenvalue weighted by atomic mass is 16.5. The van der Waals surface area contributed by atoms with Gasteiger partial charge in [0, 0.05) is 6.04 Å². The lowest BCUT2D eigenvalue weighted by Gasteiger charge is -2.27. The van der Waals surface area contributed by atoms with Crippen LogP contribution in [0.1, 0.15) is 58.8 Å². The highest BCUT2D eigenvalue weighted by molar-refractivity contribution is 5.76. The summed E-state index contributed by atoms with van der Waals surface area (Å²) in [6, 6.07) is 0.274. The second kappa shape index (κ2) is 7.70. The van der Waals surface area contributed by atoms with Gasteiger partial charge in [0.2, 0.25) is 0 Å². The molecule has 0 radical (unpaired) electrons. The van der Waals surface area contributed by atoms with E-state index in [2.05, 4.69) is 19.2 Å². The van der Waals surface area contributed by atoms with Crippen LogP contribution in [-0.4, -0.2) is 25.2 Å². The van der Waals surface area contributed by atoms with Gasteiger partial charge >= 0.3 is 5.97 Å². The van der Waals surface area contributed by atoms with E-state index in [4.69, 9.17) is 4.74 Å². The van der Waals surface area contributed by atoms with Gasteiger partial charge in [-0.2, -0.15) is 0 Å². The van der Waals surface area contributed by atoms with E-state index in [1.54, 1.807) is 0 Å². The van der Waals surface area contributed by atoms with Crippen LogP contribution in [0.2, 0.25) is 0 Å². The monoisotopic (exact) mass is 241 g/mol. The van der Waals surface area contributed by atoms with Crippen molar-refractivity contribution in [2.45, 2.75) is 70.9 Å². The van der Waals surface area contributed by atoms with Crippen molar-refractivity contribution >= 4 is 5.97 Å². The van der Waals surface area contributed by atoms with Gasteiger partial charge in [0.25, 0.3) is 0 Å². The van der Waals surface area contributed by atoms with Crippen molar-refractivity contribution in [2.24, 2.45) is 5.92 Å². The van der Waals surface area contributed by atoms with E-state index in [9.17, 15) is 4.79 Å². The smallest absolute Gasteiger partial charge is 0.323 e. The molecule has 0 spiro atoms. The van der Waals surface area contributed by atoms with Crippen LogP contribution in [0.25, 0.3) is 0 Å². The SMILES string of the molecule is CCC(C)NC(C(=O)OC)C1CCCCCC1. The summed E-state index contributed by atoms with van der Waals surface area (Å²) in [5, 5.41) is 3.44. The summed E-state index contributed by atoms with van der Waals surface area (Å²) in [7, 11) is 1.49. The molecule has 0 amide bonds. The van der Waals surface area contributed by atoms with E-state index in [0.717, 1.165) is 19.3 Å². The fraction of sp³-hybridized carbons (Fsp3) is 0.929. The maximum absolute atomic E-state index is 11.9. The second-order valence-corrected chi connectivity index (χ2v) is 5.23. The Labute approximate surface area is 105 Å². The van der Waals surface area contributed by atoms with E-state index in [1.165, 1.54) is 32.8 Å². The first-order chi connectivity index (χ1) is 8.19. The van der Waals surface area contributed by atoms with Crippen molar-refractivity contribution in [1.82, 2.24) is 5.32 Å². The number of carbonyl (C=O) groups excluding carboxylic acids is 1. The lowest BCUT2D eigenvalue weighted by atomic mass is 9.91. The third kappa shape index (κ3) is 4.66. The largest absolute Gasteiger partial charge is 0.468 e. The minimum absolute atomic E-state index is 0.0859. The van der Waals surface area contributed by atoms with Crippen molar-refractivity contribution < 1.29 is 9.53 Å². The van der Waals surface area contributed by atoms with Crippen LogP contribution in [0.3, 0.4) is 0 Å². The van der Waals surface area contributed by atoms with Crippen LogP contribution >= 0.6 is 0 Å². The second-order valence-electron chi connectivity index (χ2n) is 5.23. The molecule has 0 saturated heterocycles.